The molecular weight excluding hydrogens is 254 g/mol. The largest absolute Gasteiger partial charge is 0.315 e. The zero-order valence-electron chi connectivity index (χ0n) is 11.9. The lowest BCUT2D eigenvalue weighted by molar-refractivity contribution is 0.216. The van der Waals surface area contributed by atoms with E-state index < -0.39 is 0 Å². The first kappa shape index (κ1) is 13.6. The SMILES string of the molecule is CNCc1ccc(CN2CCCN3CCCC3C2)s1. The van der Waals surface area contributed by atoms with Gasteiger partial charge in [0.1, 0.15) is 0 Å². The van der Waals surface area contributed by atoms with E-state index in [9.17, 15) is 0 Å². The van der Waals surface area contributed by atoms with Gasteiger partial charge in [-0.25, -0.2) is 0 Å². The third-order valence-corrected chi connectivity index (χ3v) is 5.41. The van der Waals surface area contributed by atoms with Crippen LogP contribution in [0.2, 0.25) is 0 Å². The van der Waals surface area contributed by atoms with Crippen molar-refractivity contribution < 1.29 is 0 Å². The molecule has 0 bridgehead atoms. The Morgan fingerprint density at radius 1 is 1.21 bits per heavy atom. The van der Waals surface area contributed by atoms with Crippen molar-refractivity contribution in [1.82, 2.24) is 15.1 Å². The van der Waals surface area contributed by atoms with Crippen LogP contribution in [0.5, 0.6) is 0 Å². The summed E-state index contributed by atoms with van der Waals surface area (Å²) in [6, 6.07) is 5.42. The third kappa shape index (κ3) is 3.37. The van der Waals surface area contributed by atoms with E-state index in [1.807, 2.05) is 18.4 Å². The van der Waals surface area contributed by atoms with Crippen LogP contribution >= 0.6 is 11.3 Å². The molecule has 3 nitrogen and oxygen atoms in total. The van der Waals surface area contributed by atoms with Crippen molar-refractivity contribution in [2.45, 2.75) is 38.4 Å². The summed E-state index contributed by atoms with van der Waals surface area (Å²) in [7, 11) is 2.02. The van der Waals surface area contributed by atoms with Crippen molar-refractivity contribution in [3.8, 4) is 0 Å². The van der Waals surface area contributed by atoms with E-state index in [0.717, 1.165) is 19.1 Å². The van der Waals surface area contributed by atoms with Gasteiger partial charge in [-0.15, -0.1) is 11.3 Å². The second-order valence-corrected chi connectivity index (χ2v) is 7.07. The van der Waals surface area contributed by atoms with Crippen LogP contribution in [0.15, 0.2) is 12.1 Å². The highest BCUT2D eigenvalue weighted by molar-refractivity contribution is 7.11. The van der Waals surface area contributed by atoms with Gasteiger partial charge in [0, 0.05) is 35.4 Å². The summed E-state index contributed by atoms with van der Waals surface area (Å²) in [5.74, 6) is 0. The summed E-state index contributed by atoms with van der Waals surface area (Å²) in [6.07, 6.45) is 4.15. The van der Waals surface area contributed by atoms with E-state index in [1.54, 1.807) is 0 Å². The number of hydrogen-bond acceptors (Lipinski definition) is 4. The molecule has 1 N–H and O–H groups in total. The standard InChI is InChI=1S/C15H25N3S/c1-16-10-14-5-6-15(19-14)12-17-7-3-9-18-8-2-4-13(18)11-17/h5-6,13,16H,2-4,7-12H2,1H3. The molecule has 1 atom stereocenters. The zero-order chi connectivity index (χ0) is 13.1. The van der Waals surface area contributed by atoms with Crippen LogP contribution in [0.4, 0.5) is 0 Å². The Morgan fingerprint density at radius 2 is 2.05 bits per heavy atom. The Bertz CT molecular complexity index is 404. The number of nitrogens with zero attached hydrogens (tertiary/aromatic N) is 2. The van der Waals surface area contributed by atoms with E-state index in [2.05, 4.69) is 27.2 Å². The van der Waals surface area contributed by atoms with Gasteiger partial charge in [0.15, 0.2) is 0 Å². The second-order valence-electron chi connectivity index (χ2n) is 5.82. The first-order valence-electron chi connectivity index (χ1n) is 7.54. The molecule has 3 rings (SSSR count). The topological polar surface area (TPSA) is 18.5 Å². The number of thiophene rings is 1. The summed E-state index contributed by atoms with van der Waals surface area (Å²) < 4.78 is 0. The summed E-state index contributed by atoms with van der Waals surface area (Å²) in [5, 5.41) is 3.23. The van der Waals surface area contributed by atoms with Gasteiger partial charge in [-0.2, -0.15) is 0 Å². The Morgan fingerprint density at radius 3 is 2.95 bits per heavy atom. The molecule has 1 aromatic rings. The molecule has 2 fully saturated rings. The number of rotatable bonds is 4. The van der Waals surface area contributed by atoms with Crippen molar-refractivity contribution in [3.63, 3.8) is 0 Å². The van der Waals surface area contributed by atoms with Crippen molar-refractivity contribution in [2.24, 2.45) is 0 Å². The lowest BCUT2D eigenvalue weighted by atomic mass is 10.2. The van der Waals surface area contributed by atoms with Gasteiger partial charge in [0.05, 0.1) is 0 Å². The monoisotopic (exact) mass is 279 g/mol. The van der Waals surface area contributed by atoms with Gasteiger partial charge in [0.25, 0.3) is 0 Å². The van der Waals surface area contributed by atoms with E-state index in [-0.39, 0.29) is 0 Å². The van der Waals surface area contributed by atoms with Gasteiger partial charge >= 0.3 is 0 Å². The highest BCUT2D eigenvalue weighted by Crippen LogP contribution is 2.24. The fourth-order valence-electron chi connectivity index (χ4n) is 3.42. The Labute approximate surface area is 120 Å². The van der Waals surface area contributed by atoms with Crippen LogP contribution in [0, 0.1) is 0 Å². The van der Waals surface area contributed by atoms with Crippen LogP contribution in [0.3, 0.4) is 0 Å². The minimum absolute atomic E-state index is 0.833. The average molecular weight is 279 g/mol. The molecule has 2 aliphatic rings. The molecule has 0 saturated carbocycles. The van der Waals surface area contributed by atoms with Crippen LogP contribution < -0.4 is 5.32 Å². The lowest BCUT2D eigenvalue weighted by Gasteiger charge is -2.25. The quantitative estimate of drug-likeness (QED) is 0.911. The number of fused-ring (bicyclic) bond motifs is 1. The highest BCUT2D eigenvalue weighted by atomic mass is 32.1. The Kier molecular flexibility index (Phi) is 4.53. The first-order chi connectivity index (χ1) is 9.35. The highest BCUT2D eigenvalue weighted by Gasteiger charge is 2.28. The molecular formula is C15H25N3S. The van der Waals surface area contributed by atoms with Crippen LogP contribution in [0.1, 0.15) is 29.0 Å². The van der Waals surface area contributed by atoms with Crippen molar-refractivity contribution in [1.29, 1.82) is 0 Å². The smallest absolute Gasteiger partial charge is 0.0328 e. The Hall–Kier alpha value is -0.420. The molecule has 19 heavy (non-hydrogen) atoms. The fourth-order valence-corrected chi connectivity index (χ4v) is 4.50. The van der Waals surface area contributed by atoms with Gasteiger partial charge in [0.2, 0.25) is 0 Å². The third-order valence-electron chi connectivity index (χ3n) is 4.34. The molecule has 0 aliphatic carbocycles. The molecule has 1 unspecified atom stereocenters. The first-order valence-corrected chi connectivity index (χ1v) is 8.35. The summed E-state index contributed by atoms with van der Waals surface area (Å²) >= 11 is 1.97. The molecule has 0 spiro atoms. The van der Waals surface area contributed by atoms with Gasteiger partial charge in [-0.05, 0) is 58.1 Å². The minimum Gasteiger partial charge on any atom is -0.315 e. The molecule has 0 aromatic carbocycles. The average Bonchev–Trinajstić information content (AvgIpc) is 2.97. The molecule has 0 amide bonds. The number of hydrogen-bond donors (Lipinski definition) is 1. The predicted octanol–water partition coefficient (Wildman–Crippen LogP) is 2.14. The van der Waals surface area contributed by atoms with E-state index in [0.29, 0.717) is 0 Å². The molecule has 106 valence electrons. The molecule has 1 aromatic heterocycles. The minimum atomic E-state index is 0.833. The Balaban J connectivity index is 1.58. The van der Waals surface area contributed by atoms with Crippen LogP contribution in [-0.4, -0.2) is 49.1 Å². The van der Waals surface area contributed by atoms with Gasteiger partial charge in [-0.3, -0.25) is 9.80 Å². The van der Waals surface area contributed by atoms with Crippen molar-refractivity contribution in [2.75, 3.05) is 33.2 Å². The zero-order valence-corrected chi connectivity index (χ0v) is 12.7. The normalized spacial score (nSPS) is 25.4. The molecule has 2 saturated heterocycles. The number of nitrogens with one attached hydrogen (secondary N) is 1. The lowest BCUT2D eigenvalue weighted by Crippen LogP contribution is -2.36. The summed E-state index contributed by atoms with van der Waals surface area (Å²) in [6.45, 7) is 7.35. The molecule has 0 radical (unpaired) electrons. The van der Waals surface area contributed by atoms with E-state index in [4.69, 9.17) is 0 Å². The van der Waals surface area contributed by atoms with Crippen molar-refractivity contribution >= 4 is 11.3 Å². The van der Waals surface area contributed by atoms with Gasteiger partial charge < -0.3 is 5.32 Å². The molecule has 3 heterocycles. The maximum atomic E-state index is 3.23. The van der Waals surface area contributed by atoms with Crippen LogP contribution in [-0.2, 0) is 13.1 Å². The maximum absolute atomic E-state index is 3.23. The molecule has 4 heteroatoms. The van der Waals surface area contributed by atoms with Crippen molar-refractivity contribution in [3.05, 3.63) is 21.9 Å². The fraction of sp³-hybridized carbons (Fsp3) is 0.733. The summed E-state index contributed by atoms with van der Waals surface area (Å²) in [5.41, 5.74) is 0. The maximum Gasteiger partial charge on any atom is 0.0328 e. The molecule has 2 aliphatic heterocycles. The van der Waals surface area contributed by atoms with Gasteiger partial charge in [-0.1, -0.05) is 0 Å². The van der Waals surface area contributed by atoms with Crippen LogP contribution in [0.25, 0.3) is 0 Å². The predicted molar refractivity (Wildman–Crippen MR) is 81.6 cm³/mol. The van der Waals surface area contributed by atoms with E-state index in [1.165, 1.54) is 55.2 Å². The second kappa shape index (κ2) is 6.35. The summed E-state index contributed by atoms with van der Waals surface area (Å²) in [4.78, 5) is 8.36. The van der Waals surface area contributed by atoms with E-state index >= 15 is 0 Å².